The number of para-hydroxylation sites is 1. The Balaban J connectivity index is 1.96. The van der Waals surface area contributed by atoms with Crippen LogP contribution in [0.15, 0.2) is 64.3 Å². The molecule has 1 saturated heterocycles. The largest absolute Gasteiger partial charge is 0.368 e. The Kier molecular flexibility index (Phi) is 7.12. The molecule has 0 bridgehead atoms. The highest BCUT2D eigenvalue weighted by Gasteiger charge is 2.57. The number of anilines is 3. The highest BCUT2D eigenvalue weighted by Crippen LogP contribution is 2.47. The second-order valence-corrected chi connectivity index (χ2v) is 10.1. The van der Waals surface area contributed by atoms with Crippen molar-refractivity contribution in [3.05, 3.63) is 64.8 Å². The summed E-state index contributed by atoms with van der Waals surface area (Å²) in [6.07, 6.45) is 4.92. The standard InChI is InChI=1S/C26H28ClN7OS/c1-5-9-20(27)21-16(3)17(4)31-24(34(23(21)35)19-10-7-6-8-11-19)26(36)15(2)14-33(26)22-18(12-28)13-30-25(29)32-22/h5-11,13,15-17,36H,14H2,1-4H3,(H2,29,30,32). The van der Waals surface area contributed by atoms with Crippen LogP contribution in [0.1, 0.15) is 33.3 Å². The lowest BCUT2D eigenvalue weighted by atomic mass is 9.86. The SMILES string of the molecule is CC=CC(Cl)=C1C(=O)N(c2ccccc2)C(C2(S)C(C)CN2c2nc(N)ncc2C#N)=NC(C)C1C. The number of benzene rings is 1. The van der Waals surface area contributed by atoms with Gasteiger partial charge in [-0.05, 0) is 32.1 Å². The van der Waals surface area contributed by atoms with Crippen LogP contribution in [-0.4, -0.2) is 39.2 Å². The molecule has 4 atom stereocenters. The van der Waals surface area contributed by atoms with E-state index < -0.39 is 4.87 Å². The third kappa shape index (κ3) is 4.14. The van der Waals surface area contributed by atoms with Crippen molar-refractivity contribution in [2.24, 2.45) is 16.8 Å². The number of carbonyl (C=O) groups is 1. The number of halogens is 1. The highest BCUT2D eigenvalue weighted by atomic mass is 35.5. The Morgan fingerprint density at radius 1 is 1.31 bits per heavy atom. The van der Waals surface area contributed by atoms with Crippen LogP contribution < -0.4 is 15.5 Å². The van der Waals surface area contributed by atoms with Gasteiger partial charge < -0.3 is 10.6 Å². The van der Waals surface area contributed by atoms with Crippen molar-refractivity contribution in [3.8, 4) is 6.07 Å². The first kappa shape index (κ1) is 25.7. The summed E-state index contributed by atoms with van der Waals surface area (Å²) < 4.78 is 0. The number of thiol groups is 1. The zero-order valence-electron chi connectivity index (χ0n) is 20.6. The molecule has 1 amide bonds. The van der Waals surface area contributed by atoms with Crippen LogP contribution in [0, 0.1) is 23.2 Å². The van der Waals surface area contributed by atoms with Crippen LogP contribution in [0.4, 0.5) is 17.5 Å². The third-order valence-corrected chi connectivity index (χ3v) is 7.99. The molecule has 186 valence electrons. The fraction of sp³-hybridized carbons (Fsp3) is 0.346. The van der Waals surface area contributed by atoms with E-state index in [2.05, 4.69) is 16.0 Å². The van der Waals surface area contributed by atoms with Crippen molar-refractivity contribution >= 4 is 53.4 Å². The van der Waals surface area contributed by atoms with E-state index >= 15 is 0 Å². The molecule has 36 heavy (non-hydrogen) atoms. The van der Waals surface area contributed by atoms with E-state index in [0.29, 0.717) is 34.5 Å². The minimum Gasteiger partial charge on any atom is -0.368 e. The van der Waals surface area contributed by atoms with Gasteiger partial charge in [0.15, 0.2) is 5.82 Å². The molecule has 0 spiro atoms. The lowest BCUT2D eigenvalue weighted by molar-refractivity contribution is -0.114. The Bertz CT molecular complexity index is 1320. The summed E-state index contributed by atoms with van der Waals surface area (Å²) in [5.74, 6) is 0.281. The number of amidine groups is 1. The third-order valence-electron chi connectivity index (χ3n) is 6.78. The summed E-state index contributed by atoms with van der Waals surface area (Å²) in [4.78, 5) is 30.1. The van der Waals surface area contributed by atoms with E-state index in [1.54, 1.807) is 17.1 Å². The van der Waals surface area contributed by atoms with Gasteiger partial charge in [0.05, 0.1) is 17.9 Å². The van der Waals surface area contributed by atoms with E-state index in [1.165, 1.54) is 6.20 Å². The molecule has 2 aliphatic rings. The van der Waals surface area contributed by atoms with Crippen molar-refractivity contribution in [1.29, 1.82) is 5.26 Å². The van der Waals surface area contributed by atoms with Gasteiger partial charge in [-0.2, -0.15) is 10.2 Å². The maximum absolute atomic E-state index is 14.3. The average molecular weight is 522 g/mol. The topological polar surface area (TPSA) is 112 Å². The van der Waals surface area contributed by atoms with Crippen LogP contribution in [0.2, 0.25) is 0 Å². The lowest BCUT2D eigenvalue weighted by Crippen LogP contribution is -2.71. The molecular formula is C26H28ClN7OS. The van der Waals surface area contributed by atoms with Crippen LogP contribution >= 0.6 is 24.2 Å². The molecule has 0 aliphatic carbocycles. The van der Waals surface area contributed by atoms with Crippen molar-refractivity contribution < 1.29 is 4.79 Å². The average Bonchev–Trinajstić information content (AvgIpc) is 2.96. The number of allylic oxidation sites excluding steroid dienone is 3. The van der Waals surface area contributed by atoms with E-state index in [4.69, 9.17) is 35.0 Å². The number of nitrogens with two attached hydrogens (primary N) is 1. The normalized spacial score (nSPS) is 27.9. The maximum Gasteiger partial charge on any atom is 0.261 e. The molecule has 2 N–H and O–H groups in total. The summed E-state index contributed by atoms with van der Waals surface area (Å²) in [5.41, 5.74) is 7.26. The number of rotatable bonds is 4. The molecule has 3 heterocycles. The van der Waals surface area contributed by atoms with Crippen molar-refractivity contribution in [2.75, 3.05) is 22.1 Å². The minimum atomic E-state index is -1.06. The van der Waals surface area contributed by atoms with E-state index in [9.17, 15) is 10.1 Å². The summed E-state index contributed by atoms with van der Waals surface area (Å²) in [5, 5.41) is 10.1. The van der Waals surface area contributed by atoms with Crippen molar-refractivity contribution in [1.82, 2.24) is 9.97 Å². The van der Waals surface area contributed by atoms with Gasteiger partial charge in [0.1, 0.15) is 22.3 Å². The first-order valence-electron chi connectivity index (χ1n) is 11.7. The molecule has 4 rings (SSSR count). The molecule has 8 nitrogen and oxygen atoms in total. The Morgan fingerprint density at radius 2 is 2.00 bits per heavy atom. The monoisotopic (exact) mass is 521 g/mol. The molecule has 1 aromatic carbocycles. The Hall–Kier alpha value is -3.35. The van der Waals surface area contributed by atoms with Crippen LogP contribution in [0.3, 0.4) is 0 Å². The zero-order chi connectivity index (χ0) is 26.2. The van der Waals surface area contributed by atoms with Crippen molar-refractivity contribution in [2.45, 2.75) is 38.6 Å². The number of nitrogens with zero attached hydrogens (tertiary/aromatic N) is 6. The first-order chi connectivity index (χ1) is 17.1. The fourth-order valence-electron chi connectivity index (χ4n) is 4.60. The van der Waals surface area contributed by atoms with Gasteiger partial charge in [-0.25, -0.2) is 4.98 Å². The molecule has 1 fully saturated rings. The van der Waals surface area contributed by atoms with Gasteiger partial charge in [0.2, 0.25) is 5.95 Å². The minimum absolute atomic E-state index is 0.0413. The van der Waals surface area contributed by atoms with Gasteiger partial charge in [-0.15, -0.1) is 12.6 Å². The first-order valence-corrected chi connectivity index (χ1v) is 12.5. The second-order valence-electron chi connectivity index (χ2n) is 9.03. The number of aliphatic imine (C=N–C) groups is 1. The van der Waals surface area contributed by atoms with Gasteiger partial charge >= 0.3 is 0 Å². The lowest BCUT2D eigenvalue weighted by Gasteiger charge is -2.56. The quantitative estimate of drug-likeness (QED) is 0.451. The maximum atomic E-state index is 14.3. The van der Waals surface area contributed by atoms with E-state index in [-0.39, 0.29) is 35.3 Å². The molecule has 0 saturated carbocycles. The fourth-order valence-corrected chi connectivity index (χ4v) is 5.40. The number of hydrogen-bond acceptors (Lipinski definition) is 8. The number of nitriles is 1. The van der Waals surface area contributed by atoms with Crippen LogP contribution in [0.5, 0.6) is 0 Å². The van der Waals surface area contributed by atoms with Gasteiger partial charge in [-0.1, -0.05) is 49.7 Å². The molecule has 2 aromatic rings. The van der Waals surface area contributed by atoms with Crippen LogP contribution in [-0.2, 0) is 4.79 Å². The summed E-state index contributed by atoms with van der Waals surface area (Å²) in [6.45, 7) is 8.33. The smallest absolute Gasteiger partial charge is 0.261 e. The highest BCUT2D eigenvalue weighted by molar-refractivity contribution is 7.83. The number of nitrogen functional groups attached to an aromatic ring is 1. The van der Waals surface area contributed by atoms with E-state index in [0.717, 1.165) is 0 Å². The Morgan fingerprint density at radius 3 is 2.61 bits per heavy atom. The summed E-state index contributed by atoms with van der Waals surface area (Å²) >= 11 is 11.8. The Labute approximate surface area is 221 Å². The van der Waals surface area contributed by atoms with Crippen molar-refractivity contribution in [3.63, 3.8) is 0 Å². The molecule has 0 radical (unpaired) electrons. The number of hydrogen-bond donors (Lipinski definition) is 2. The molecule has 4 unspecified atom stereocenters. The van der Waals surface area contributed by atoms with Gasteiger partial charge in [-0.3, -0.25) is 14.7 Å². The molecule has 2 aliphatic heterocycles. The van der Waals surface area contributed by atoms with Gasteiger partial charge in [0.25, 0.3) is 5.91 Å². The molecule has 1 aromatic heterocycles. The number of amides is 1. The second kappa shape index (κ2) is 9.96. The predicted molar refractivity (Wildman–Crippen MR) is 147 cm³/mol. The van der Waals surface area contributed by atoms with Gasteiger partial charge in [0, 0.05) is 29.0 Å². The molecule has 10 heteroatoms. The predicted octanol–water partition coefficient (Wildman–Crippen LogP) is 4.55. The zero-order valence-corrected chi connectivity index (χ0v) is 22.2. The molecular weight excluding hydrogens is 494 g/mol. The summed E-state index contributed by atoms with van der Waals surface area (Å²) in [6, 6.07) is 11.2. The number of aromatic nitrogens is 2. The number of carbonyl (C=O) groups excluding carboxylic acids is 1. The van der Waals surface area contributed by atoms with E-state index in [1.807, 2.05) is 62.9 Å². The van der Waals surface area contributed by atoms with Crippen LogP contribution in [0.25, 0.3) is 0 Å². The summed E-state index contributed by atoms with van der Waals surface area (Å²) in [7, 11) is 0.